The third-order valence-electron chi connectivity index (χ3n) is 4.85. The Balaban J connectivity index is 1.43. The Morgan fingerprint density at radius 3 is 2.73 bits per heavy atom. The van der Waals surface area contributed by atoms with E-state index in [0.29, 0.717) is 6.04 Å². The molecule has 2 aromatic heterocycles. The second-order valence-corrected chi connectivity index (χ2v) is 6.88. The monoisotopic (exact) mass is 355 g/mol. The van der Waals surface area contributed by atoms with Crippen LogP contribution in [-0.4, -0.2) is 42.0 Å². The lowest BCUT2D eigenvalue weighted by Crippen LogP contribution is -2.48. The Labute approximate surface area is 155 Å². The summed E-state index contributed by atoms with van der Waals surface area (Å²) in [5, 5.41) is 6.95. The summed E-state index contributed by atoms with van der Waals surface area (Å²) in [6, 6.07) is 8.63. The molecule has 0 unspecified atom stereocenters. The lowest BCUT2D eigenvalue weighted by atomic mass is 10.0. The van der Waals surface area contributed by atoms with Gasteiger partial charge in [-0.25, -0.2) is 0 Å². The second-order valence-electron chi connectivity index (χ2n) is 6.88. The van der Waals surface area contributed by atoms with Gasteiger partial charge in [0.1, 0.15) is 11.5 Å². The molecule has 2 N–H and O–H groups in total. The fourth-order valence-electron chi connectivity index (χ4n) is 3.38. The summed E-state index contributed by atoms with van der Waals surface area (Å²) in [5.74, 6) is 2.77. The molecule has 26 heavy (non-hydrogen) atoms. The minimum Gasteiger partial charge on any atom is -0.466 e. The maximum absolute atomic E-state index is 5.58. The van der Waals surface area contributed by atoms with Crippen LogP contribution in [0.3, 0.4) is 0 Å². The topological polar surface area (TPSA) is 65.7 Å². The summed E-state index contributed by atoms with van der Waals surface area (Å²) in [7, 11) is 1.82. The van der Waals surface area contributed by atoms with E-state index in [0.717, 1.165) is 62.2 Å². The van der Waals surface area contributed by atoms with Crippen LogP contribution in [0.4, 0.5) is 0 Å². The first-order valence-corrected chi connectivity index (χ1v) is 9.29. The first-order valence-electron chi connectivity index (χ1n) is 9.29. The van der Waals surface area contributed by atoms with E-state index < -0.39 is 0 Å². The van der Waals surface area contributed by atoms with Crippen molar-refractivity contribution in [3.8, 4) is 0 Å². The number of aromatic nitrogens is 1. The maximum atomic E-state index is 5.58. The molecule has 0 saturated carbocycles. The van der Waals surface area contributed by atoms with E-state index in [1.165, 1.54) is 5.56 Å². The molecule has 1 saturated heterocycles. The summed E-state index contributed by atoms with van der Waals surface area (Å²) in [4.78, 5) is 11.2. The molecule has 0 aliphatic carbocycles. The van der Waals surface area contributed by atoms with Crippen LogP contribution in [0.5, 0.6) is 0 Å². The SMILES string of the molecule is CN=C(NCc1cc(C)oc1C)NC1CCN(Cc2ccccn2)CC1. The number of rotatable bonds is 5. The average Bonchev–Trinajstić information content (AvgIpc) is 2.98. The number of hydrogen-bond acceptors (Lipinski definition) is 4. The molecule has 0 radical (unpaired) electrons. The van der Waals surface area contributed by atoms with Gasteiger partial charge in [-0.2, -0.15) is 0 Å². The van der Waals surface area contributed by atoms with E-state index >= 15 is 0 Å². The van der Waals surface area contributed by atoms with Crippen molar-refractivity contribution in [1.29, 1.82) is 0 Å². The number of piperidine rings is 1. The van der Waals surface area contributed by atoms with Gasteiger partial charge in [0.05, 0.1) is 5.69 Å². The lowest BCUT2D eigenvalue weighted by Gasteiger charge is -2.32. The minimum absolute atomic E-state index is 0.452. The van der Waals surface area contributed by atoms with Crippen LogP contribution in [0.25, 0.3) is 0 Å². The van der Waals surface area contributed by atoms with Crippen LogP contribution in [0.15, 0.2) is 39.9 Å². The number of pyridine rings is 1. The number of aliphatic imine (C=N–C) groups is 1. The number of nitrogens with one attached hydrogen (secondary N) is 2. The van der Waals surface area contributed by atoms with Crippen LogP contribution in [0, 0.1) is 13.8 Å². The number of aryl methyl sites for hydroxylation is 2. The van der Waals surface area contributed by atoms with Gasteiger partial charge in [-0.3, -0.25) is 14.9 Å². The molecule has 3 heterocycles. The number of nitrogens with zero attached hydrogens (tertiary/aromatic N) is 3. The Bertz CT molecular complexity index is 717. The fraction of sp³-hybridized carbons (Fsp3) is 0.500. The summed E-state index contributed by atoms with van der Waals surface area (Å²) in [6.45, 7) is 7.78. The van der Waals surface area contributed by atoms with Gasteiger partial charge in [-0.05, 0) is 44.9 Å². The van der Waals surface area contributed by atoms with Crippen LogP contribution >= 0.6 is 0 Å². The molecule has 0 spiro atoms. The van der Waals surface area contributed by atoms with E-state index in [4.69, 9.17) is 4.42 Å². The largest absolute Gasteiger partial charge is 0.466 e. The fourth-order valence-corrected chi connectivity index (χ4v) is 3.38. The normalized spacial score (nSPS) is 16.7. The predicted octanol–water partition coefficient (Wildman–Crippen LogP) is 2.62. The molecule has 6 heteroatoms. The smallest absolute Gasteiger partial charge is 0.191 e. The zero-order chi connectivity index (χ0) is 18.4. The zero-order valence-electron chi connectivity index (χ0n) is 16.0. The summed E-state index contributed by atoms with van der Waals surface area (Å²) < 4.78 is 5.58. The van der Waals surface area contributed by atoms with Crippen molar-refractivity contribution in [3.05, 3.63) is 53.2 Å². The third-order valence-corrected chi connectivity index (χ3v) is 4.85. The van der Waals surface area contributed by atoms with E-state index in [9.17, 15) is 0 Å². The standard InChI is InChI=1S/C20H29N5O/c1-15-12-17(16(2)26-15)13-23-20(21-3)24-18-7-10-25(11-8-18)14-19-6-4-5-9-22-19/h4-6,9,12,18H,7-8,10-11,13-14H2,1-3H3,(H2,21,23,24). The van der Waals surface area contributed by atoms with Crippen molar-refractivity contribution < 1.29 is 4.42 Å². The van der Waals surface area contributed by atoms with Crippen molar-refractivity contribution in [2.24, 2.45) is 4.99 Å². The highest BCUT2D eigenvalue weighted by Gasteiger charge is 2.20. The summed E-state index contributed by atoms with van der Waals surface area (Å²) >= 11 is 0. The number of guanidine groups is 1. The van der Waals surface area contributed by atoms with Crippen LogP contribution in [0.1, 0.15) is 35.6 Å². The van der Waals surface area contributed by atoms with Crippen molar-refractivity contribution in [1.82, 2.24) is 20.5 Å². The van der Waals surface area contributed by atoms with Crippen molar-refractivity contribution >= 4 is 5.96 Å². The molecule has 1 aliphatic rings. The predicted molar refractivity (Wildman–Crippen MR) is 104 cm³/mol. The van der Waals surface area contributed by atoms with Gasteiger partial charge in [0.25, 0.3) is 0 Å². The molecule has 0 bridgehead atoms. The van der Waals surface area contributed by atoms with E-state index in [1.54, 1.807) is 0 Å². The van der Waals surface area contributed by atoms with Gasteiger partial charge in [0.2, 0.25) is 0 Å². The van der Waals surface area contributed by atoms with Gasteiger partial charge in [-0.1, -0.05) is 6.07 Å². The molecule has 1 aliphatic heterocycles. The van der Waals surface area contributed by atoms with Crippen molar-refractivity contribution in [3.63, 3.8) is 0 Å². The first-order chi connectivity index (χ1) is 12.6. The van der Waals surface area contributed by atoms with Crippen molar-refractivity contribution in [2.45, 2.75) is 45.8 Å². The molecule has 0 atom stereocenters. The van der Waals surface area contributed by atoms with Crippen LogP contribution < -0.4 is 10.6 Å². The molecule has 0 amide bonds. The molecule has 1 fully saturated rings. The zero-order valence-corrected chi connectivity index (χ0v) is 16.0. The minimum atomic E-state index is 0.452. The number of furan rings is 1. The second kappa shape index (κ2) is 8.85. The Hall–Kier alpha value is -2.34. The molecular weight excluding hydrogens is 326 g/mol. The summed E-state index contributed by atoms with van der Waals surface area (Å²) in [6.07, 6.45) is 4.08. The van der Waals surface area contributed by atoms with E-state index in [1.807, 2.05) is 33.2 Å². The highest BCUT2D eigenvalue weighted by molar-refractivity contribution is 5.80. The third kappa shape index (κ3) is 5.08. The quantitative estimate of drug-likeness (QED) is 0.638. The van der Waals surface area contributed by atoms with Gasteiger partial charge >= 0.3 is 0 Å². The Kier molecular flexibility index (Phi) is 6.28. The van der Waals surface area contributed by atoms with E-state index in [2.05, 4.69) is 43.7 Å². The maximum Gasteiger partial charge on any atom is 0.191 e. The lowest BCUT2D eigenvalue weighted by molar-refractivity contribution is 0.196. The molecule has 2 aromatic rings. The Morgan fingerprint density at radius 2 is 2.12 bits per heavy atom. The number of hydrogen-bond donors (Lipinski definition) is 2. The average molecular weight is 355 g/mol. The Morgan fingerprint density at radius 1 is 1.31 bits per heavy atom. The summed E-state index contributed by atoms with van der Waals surface area (Å²) in [5.41, 5.74) is 2.32. The molecule has 140 valence electrons. The van der Waals surface area contributed by atoms with Gasteiger partial charge < -0.3 is 15.1 Å². The highest BCUT2D eigenvalue weighted by Crippen LogP contribution is 2.14. The van der Waals surface area contributed by atoms with Crippen molar-refractivity contribution in [2.75, 3.05) is 20.1 Å². The van der Waals surface area contributed by atoms with Gasteiger partial charge in [-0.15, -0.1) is 0 Å². The van der Waals surface area contributed by atoms with Crippen LogP contribution in [0.2, 0.25) is 0 Å². The van der Waals surface area contributed by atoms with Gasteiger partial charge in [0.15, 0.2) is 5.96 Å². The van der Waals surface area contributed by atoms with E-state index in [-0.39, 0.29) is 0 Å². The highest BCUT2D eigenvalue weighted by atomic mass is 16.3. The molecular formula is C20H29N5O. The molecule has 0 aromatic carbocycles. The number of likely N-dealkylation sites (tertiary alicyclic amines) is 1. The molecule has 6 nitrogen and oxygen atoms in total. The first kappa shape index (κ1) is 18.5. The van der Waals surface area contributed by atoms with Crippen LogP contribution in [-0.2, 0) is 13.1 Å². The van der Waals surface area contributed by atoms with Gasteiger partial charge in [0, 0.05) is 51.0 Å². The molecule has 3 rings (SSSR count).